The van der Waals surface area contributed by atoms with Crippen LogP contribution in [0.4, 0.5) is 0 Å². The molecule has 1 aliphatic carbocycles. The fraction of sp³-hybridized carbons (Fsp3) is 1.00. The molecule has 1 heteroatoms. The number of rotatable bonds is 5. The van der Waals surface area contributed by atoms with Gasteiger partial charge in [0.25, 0.3) is 0 Å². The molecule has 0 radical (unpaired) electrons. The highest BCUT2D eigenvalue weighted by Gasteiger charge is 2.34. The molecule has 0 spiro atoms. The molecule has 1 aliphatic rings. The monoisotopic (exact) mass is 197 g/mol. The highest BCUT2D eigenvalue weighted by molar-refractivity contribution is 4.88. The predicted molar refractivity (Wildman–Crippen MR) is 63.1 cm³/mol. The third-order valence-corrected chi connectivity index (χ3v) is 4.58. The molecule has 0 saturated heterocycles. The average molecular weight is 197 g/mol. The van der Waals surface area contributed by atoms with Crippen LogP contribution in [0.3, 0.4) is 0 Å². The summed E-state index contributed by atoms with van der Waals surface area (Å²) >= 11 is 0. The van der Waals surface area contributed by atoms with E-state index in [9.17, 15) is 0 Å². The second-order valence-electron chi connectivity index (χ2n) is 5.29. The maximum absolute atomic E-state index is 5.85. The van der Waals surface area contributed by atoms with Gasteiger partial charge in [0.2, 0.25) is 0 Å². The molecular formula is C13H27N. The standard InChI is InChI=1S/C13H27N/c1-5-11(6-2)9(3)10(4)12-7-13(14)8-12/h9-13H,5-8,14H2,1-4H3. The molecule has 2 atom stereocenters. The van der Waals surface area contributed by atoms with E-state index in [1.165, 1.54) is 25.7 Å². The highest BCUT2D eigenvalue weighted by atomic mass is 14.7. The zero-order valence-electron chi connectivity index (χ0n) is 10.3. The Morgan fingerprint density at radius 3 is 2.00 bits per heavy atom. The quantitative estimate of drug-likeness (QED) is 0.718. The van der Waals surface area contributed by atoms with Crippen LogP contribution in [0.1, 0.15) is 53.4 Å². The van der Waals surface area contributed by atoms with Gasteiger partial charge < -0.3 is 5.73 Å². The van der Waals surface area contributed by atoms with E-state index in [2.05, 4.69) is 27.7 Å². The van der Waals surface area contributed by atoms with Crippen LogP contribution in [0.5, 0.6) is 0 Å². The molecule has 0 bridgehead atoms. The van der Waals surface area contributed by atoms with Crippen LogP contribution in [0, 0.1) is 23.7 Å². The van der Waals surface area contributed by atoms with E-state index in [1.54, 1.807) is 0 Å². The van der Waals surface area contributed by atoms with Gasteiger partial charge in [-0.1, -0.05) is 40.5 Å². The first kappa shape index (κ1) is 12.0. The molecule has 0 aromatic rings. The van der Waals surface area contributed by atoms with Gasteiger partial charge >= 0.3 is 0 Å². The fourth-order valence-electron chi connectivity index (χ4n) is 3.03. The first-order valence-electron chi connectivity index (χ1n) is 6.35. The van der Waals surface area contributed by atoms with Crippen LogP contribution in [0.2, 0.25) is 0 Å². The van der Waals surface area contributed by atoms with Gasteiger partial charge in [-0.25, -0.2) is 0 Å². The first-order chi connectivity index (χ1) is 6.60. The van der Waals surface area contributed by atoms with E-state index in [0.717, 1.165) is 23.7 Å². The van der Waals surface area contributed by atoms with Crippen molar-refractivity contribution in [1.29, 1.82) is 0 Å². The van der Waals surface area contributed by atoms with Gasteiger partial charge in [0, 0.05) is 6.04 Å². The molecule has 1 nitrogen and oxygen atoms in total. The summed E-state index contributed by atoms with van der Waals surface area (Å²) in [6.45, 7) is 9.51. The lowest BCUT2D eigenvalue weighted by Gasteiger charge is -2.41. The Bertz CT molecular complexity index is 157. The molecule has 0 aliphatic heterocycles. The molecule has 2 N–H and O–H groups in total. The van der Waals surface area contributed by atoms with E-state index < -0.39 is 0 Å². The topological polar surface area (TPSA) is 26.0 Å². The van der Waals surface area contributed by atoms with Crippen LogP contribution in [-0.2, 0) is 0 Å². The van der Waals surface area contributed by atoms with Crippen LogP contribution >= 0.6 is 0 Å². The lowest BCUT2D eigenvalue weighted by Crippen LogP contribution is -2.41. The summed E-state index contributed by atoms with van der Waals surface area (Å²) < 4.78 is 0. The van der Waals surface area contributed by atoms with Gasteiger partial charge in [0.1, 0.15) is 0 Å². The van der Waals surface area contributed by atoms with Gasteiger partial charge in [0.15, 0.2) is 0 Å². The molecule has 0 aromatic heterocycles. The molecule has 84 valence electrons. The number of hydrogen-bond acceptors (Lipinski definition) is 1. The lowest BCUT2D eigenvalue weighted by atomic mass is 9.66. The van der Waals surface area contributed by atoms with Crippen molar-refractivity contribution < 1.29 is 0 Å². The smallest absolute Gasteiger partial charge is 0.00443 e. The minimum absolute atomic E-state index is 0.511. The molecular weight excluding hydrogens is 170 g/mol. The van der Waals surface area contributed by atoms with Gasteiger partial charge in [0.05, 0.1) is 0 Å². The average Bonchev–Trinajstić information content (AvgIpc) is 2.13. The van der Waals surface area contributed by atoms with Crippen molar-refractivity contribution in [2.24, 2.45) is 29.4 Å². The van der Waals surface area contributed by atoms with Crippen molar-refractivity contribution in [3.63, 3.8) is 0 Å². The van der Waals surface area contributed by atoms with Crippen molar-refractivity contribution >= 4 is 0 Å². The van der Waals surface area contributed by atoms with Crippen molar-refractivity contribution in [3.8, 4) is 0 Å². The largest absolute Gasteiger partial charge is 0.328 e. The number of hydrogen-bond donors (Lipinski definition) is 1. The molecule has 0 heterocycles. The Labute approximate surface area is 89.5 Å². The van der Waals surface area contributed by atoms with Crippen molar-refractivity contribution in [2.45, 2.75) is 59.4 Å². The molecule has 14 heavy (non-hydrogen) atoms. The van der Waals surface area contributed by atoms with E-state index in [4.69, 9.17) is 5.73 Å². The predicted octanol–water partition coefficient (Wildman–Crippen LogP) is 3.43. The van der Waals surface area contributed by atoms with Crippen molar-refractivity contribution in [1.82, 2.24) is 0 Å². The zero-order valence-corrected chi connectivity index (χ0v) is 10.3. The minimum atomic E-state index is 0.511. The van der Waals surface area contributed by atoms with Gasteiger partial charge in [-0.05, 0) is 36.5 Å². The van der Waals surface area contributed by atoms with E-state index >= 15 is 0 Å². The third-order valence-electron chi connectivity index (χ3n) is 4.58. The second kappa shape index (κ2) is 5.16. The highest BCUT2D eigenvalue weighted by Crippen LogP contribution is 2.39. The Morgan fingerprint density at radius 1 is 1.14 bits per heavy atom. The van der Waals surface area contributed by atoms with Crippen LogP contribution in [0.15, 0.2) is 0 Å². The van der Waals surface area contributed by atoms with Crippen LogP contribution in [-0.4, -0.2) is 6.04 Å². The molecule has 1 saturated carbocycles. The second-order valence-corrected chi connectivity index (χ2v) is 5.29. The summed E-state index contributed by atoms with van der Waals surface area (Å²) in [4.78, 5) is 0. The van der Waals surface area contributed by atoms with E-state index in [-0.39, 0.29) is 0 Å². The minimum Gasteiger partial charge on any atom is -0.328 e. The van der Waals surface area contributed by atoms with Gasteiger partial charge in [-0.15, -0.1) is 0 Å². The van der Waals surface area contributed by atoms with Crippen LogP contribution < -0.4 is 5.73 Å². The van der Waals surface area contributed by atoms with Gasteiger partial charge in [-0.2, -0.15) is 0 Å². The lowest BCUT2D eigenvalue weighted by molar-refractivity contribution is 0.109. The molecule has 2 unspecified atom stereocenters. The van der Waals surface area contributed by atoms with Crippen molar-refractivity contribution in [3.05, 3.63) is 0 Å². The maximum Gasteiger partial charge on any atom is 0.00443 e. The SMILES string of the molecule is CCC(CC)C(C)C(C)C1CC(N)C1. The Hall–Kier alpha value is -0.0400. The third kappa shape index (κ3) is 2.50. The number of nitrogens with two attached hydrogens (primary N) is 1. The van der Waals surface area contributed by atoms with E-state index in [1.807, 2.05) is 0 Å². The fourth-order valence-corrected chi connectivity index (χ4v) is 3.03. The maximum atomic E-state index is 5.85. The Balaban J connectivity index is 2.39. The first-order valence-corrected chi connectivity index (χ1v) is 6.35. The normalized spacial score (nSPS) is 31.3. The van der Waals surface area contributed by atoms with Gasteiger partial charge in [-0.3, -0.25) is 0 Å². The molecule has 0 amide bonds. The summed E-state index contributed by atoms with van der Waals surface area (Å²) in [7, 11) is 0. The van der Waals surface area contributed by atoms with E-state index in [0.29, 0.717) is 6.04 Å². The summed E-state index contributed by atoms with van der Waals surface area (Å²) in [6, 6.07) is 0.511. The molecule has 0 aromatic carbocycles. The molecule has 1 rings (SSSR count). The summed E-state index contributed by atoms with van der Waals surface area (Å²) in [5, 5.41) is 0. The summed E-state index contributed by atoms with van der Waals surface area (Å²) in [5.74, 6) is 3.59. The summed E-state index contributed by atoms with van der Waals surface area (Å²) in [6.07, 6.45) is 5.21. The van der Waals surface area contributed by atoms with Crippen molar-refractivity contribution in [2.75, 3.05) is 0 Å². The Morgan fingerprint density at radius 2 is 1.64 bits per heavy atom. The zero-order chi connectivity index (χ0) is 10.7. The summed E-state index contributed by atoms with van der Waals surface area (Å²) in [5.41, 5.74) is 5.85. The Kier molecular flexibility index (Phi) is 4.43. The molecule has 1 fully saturated rings. The van der Waals surface area contributed by atoms with Crippen LogP contribution in [0.25, 0.3) is 0 Å².